The number of pyridine rings is 1. The van der Waals surface area contributed by atoms with Gasteiger partial charge in [0.1, 0.15) is 10.9 Å². The number of aromatic nitrogens is 1. The topological polar surface area (TPSA) is 22.1 Å². The van der Waals surface area contributed by atoms with E-state index < -0.39 is 0 Å². The minimum absolute atomic E-state index is 0.536. The molecule has 0 aliphatic carbocycles. The van der Waals surface area contributed by atoms with Crippen LogP contribution in [0.1, 0.15) is 0 Å². The first-order valence-corrected chi connectivity index (χ1v) is 7.10. The first-order chi connectivity index (χ1) is 10.3. The van der Waals surface area contributed by atoms with Gasteiger partial charge in [-0.15, -0.1) is 0 Å². The molecular weight excluding hydrogens is 282 g/mol. The maximum atomic E-state index is 6.37. The molecule has 0 N–H and O–H groups in total. The molecule has 0 saturated carbocycles. The molecule has 102 valence electrons. The smallest absolute Gasteiger partial charge is 0.137 e. The molecule has 0 bridgehead atoms. The molecule has 0 aliphatic heterocycles. The van der Waals surface area contributed by atoms with Crippen LogP contribution in [-0.4, -0.2) is 12.1 Å². The van der Waals surface area contributed by atoms with E-state index in [-0.39, 0.29) is 0 Å². The van der Waals surface area contributed by atoms with Gasteiger partial charge in [-0.25, -0.2) is 4.98 Å². The largest absolute Gasteiger partial charge is 0.497 e. The number of halogens is 1. The third kappa shape index (κ3) is 1.83. The Bertz CT molecular complexity index is 994. The summed E-state index contributed by atoms with van der Waals surface area (Å²) in [5, 5.41) is 5.93. The summed E-state index contributed by atoms with van der Waals surface area (Å²) in [7, 11) is 1.67. The zero-order valence-electron chi connectivity index (χ0n) is 11.4. The van der Waals surface area contributed by atoms with Crippen molar-refractivity contribution in [3.63, 3.8) is 0 Å². The van der Waals surface area contributed by atoms with E-state index >= 15 is 0 Å². The van der Waals surface area contributed by atoms with Crippen LogP contribution in [-0.2, 0) is 0 Å². The summed E-state index contributed by atoms with van der Waals surface area (Å²) in [6.45, 7) is 0. The molecule has 0 aliphatic rings. The Morgan fingerprint density at radius 2 is 1.62 bits per heavy atom. The van der Waals surface area contributed by atoms with Crippen LogP contribution in [0, 0.1) is 0 Å². The number of hydrogen-bond donors (Lipinski definition) is 0. The Balaban J connectivity index is 2.25. The third-order valence-electron chi connectivity index (χ3n) is 3.85. The van der Waals surface area contributed by atoms with Crippen molar-refractivity contribution in [2.75, 3.05) is 7.11 Å². The average Bonchev–Trinajstić information content (AvgIpc) is 2.54. The molecule has 0 atom stereocenters. The average molecular weight is 294 g/mol. The Morgan fingerprint density at radius 1 is 0.857 bits per heavy atom. The van der Waals surface area contributed by atoms with Crippen molar-refractivity contribution in [3.05, 3.63) is 59.8 Å². The molecule has 3 aromatic carbocycles. The zero-order valence-corrected chi connectivity index (χ0v) is 12.2. The van der Waals surface area contributed by atoms with E-state index in [1.54, 1.807) is 7.11 Å². The molecule has 1 heterocycles. The first kappa shape index (κ1) is 12.4. The minimum Gasteiger partial charge on any atom is -0.497 e. The normalized spacial score (nSPS) is 11.3. The van der Waals surface area contributed by atoms with Gasteiger partial charge in [-0.2, -0.15) is 0 Å². The van der Waals surface area contributed by atoms with E-state index in [1.807, 2.05) is 36.4 Å². The highest BCUT2D eigenvalue weighted by molar-refractivity contribution is 6.36. The van der Waals surface area contributed by atoms with Gasteiger partial charge in [0.15, 0.2) is 0 Å². The summed E-state index contributed by atoms with van der Waals surface area (Å²) in [6, 6.07) is 18.3. The van der Waals surface area contributed by atoms with Crippen molar-refractivity contribution in [1.29, 1.82) is 0 Å². The van der Waals surface area contributed by atoms with E-state index in [4.69, 9.17) is 16.3 Å². The van der Waals surface area contributed by atoms with Crippen LogP contribution in [0.3, 0.4) is 0 Å². The lowest BCUT2D eigenvalue weighted by molar-refractivity contribution is 0.415. The molecular formula is C18H12ClNO. The Kier molecular flexibility index (Phi) is 2.72. The number of methoxy groups -OCH3 is 1. The summed E-state index contributed by atoms with van der Waals surface area (Å²) >= 11 is 6.37. The van der Waals surface area contributed by atoms with Gasteiger partial charge in [-0.1, -0.05) is 54.1 Å². The number of hydrogen-bond acceptors (Lipinski definition) is 2. The maximum Gasteiger partial charge on any atom is 0.137 e. The van der Waals surface area contributed by atoms with Crippen LogP contribution < -0.4 is 4.74 Å². The molecule has 0 spiro atoms. The molecule has 2 nitrogen and oxygen atoms in total. The van der Waals surface area contributed by atoms with Crippen LogP contribution >= 0.6 is 11.6 Å². The number of fused-ring (bicyclic) bond motifs is 5. The number of benzene rings is 3. The molecule has 0 radical (unpaired) electrons. The number of ether oxygens (including phenoxy) is 1. The van der Waals surface area contributed by atoms with Crippen LogP contribution in [0.25, 0.3) is 32.4 Å². The van der Waals surface area contributed by atoms with E-state index in [9.17, 15) is 0 Å². The van der Waals surface area contributed by atoms with Crippen molar-refractivity contribution in [2.45, 2.75) is 0 Å². The monoisotopic (exact) mass is 293 g/mol. The molecule has 0 fully saturated rings. The molecule has 4 aromatic rings. The number of rotatable bonds is 1. The highest BCUT2D eigenvalue weighted by Crippen LogP contribution is 2.34. The Hall–Kier alpha value is -2.32. The van der Waals surface area contributed by atoms with Crippen molar-refractivity contribution in [1.82, 2.24) is 4.98 Å². The summed E-state index contributed by atoms with van der Waals surface area (Å²) in [6.07, 6.45) is 0. The summed E-state index contributed by atoms with van der Waals surface area (Å²) in [4.78, 5) is 4.62. The van der Waals surface area contributed by atoms with Crippen LogP contribution in [0.5, 0.6) is 5.75 Å². The van der Waals surface area contributed by atoms with Gasteiger partial charge >= 0.3 is 0 Å². The fraction of sp³-hybridized carbons (Fsp3) is 0.0556. The van der Waals surface area contributed by atoms with E-state index in [1.165, 1.54) is 0 Å². The second-order valence-electron chi connectivity index (χ2n) is 5.00. The van der Waals surface area contributed by atoms with Crippen molar-refractivity contribution >= 4 is 44.0 Å². The molecule has 0 unspecified atom stereocenters. The van der Waals surface area contributed by atoms with Crippen LogP contribution in [0.4, 0.5) is 0 Å². The van der Waals surface area contributed by atoms with Crippen molar-refractivity contribution in [2.24, 2.45) is 0 Å². The fourth-order valence-corrected chi connectivity index (χ4v) is 3.05. The summed E-state index contributed by atoms with van der Waals surface area (Å²) in [5.74, 6) is 0.820. The Labute approximate surface area is 126 Å². The van der Waals surface area contributed by atoms with Crippen LogP contribution in [0.15, 0.2) is 54.6 Å². The standard InChI is InChI=1S/C18H12ClNO/c1-21-12-8-6-11-7-9-14-13-4-2-3-5-15(13)18(19)20-17(14)16(11)10-12/h2-10H,1H3. The second-order valence-corrected chi connectivity index (χ2v) is 5.36. The number of nitrogens with zero attached hydrogens (tertiary/aromatic N) is 1. The predicted octanol–water partition coefficient (Wildman–Crippen LogP) is 5.20. The van der Waals surface area contributed by atoms with Crippen LogP contribution in [0.2, 0.25) is 5.15 Å². The molecule has 3 heteroatoms. The first-order valence-electron chi connectivity index (χ1n) is 6.72. The van der Waals surface area contributed by atoms with E-state index in [0.717, 1.165) is 38.2 Å². The van der Waals surface area contributed by atoms with Gasteiger partial charge in [-0.05, 0) is 22.9 Å². The third-order valence-corrected chi connectivity index (χ3v) is 4.14. The van der Waals surface area contributed by atoms with E-state index in [2.05, 4.69) is 23.2 Å². The SMILES string of the molecule is COc1ccc2ccc3c4ccccc4c(Cl)nc3c2c1. The lowest BCUT2D eigenvalue weighted by atomic mass is 10.0. The van der Waals surface area contributed by atoms with E-state index in [0.29, 0.717) is 5.15 Å². The zero-order chi connectivity index (χ0) is 14.4. The van der Waals surface area contributed by atoms with Gasteiger partial charge in [0, 0.05) is 16.2 Å². The van der Waals surface area contributed by atoms with Crippen molar-refractivity contribution < 1.29 is 4.74 Å². The van der Waals surface area contributed by atoms with Gasteiger partial charge < -0.3 is 4.74 Å². The Morgan fingerprint density at radius 3 is 2.43 bits per heavy atom. The quantitative estimate of drug-likeness (QED) is 0.355. The lowest BCUT2D eigenvalue weighted by Crippen LogP contribution is -1.88. The highest BCUT2D eigenvalue weighted by atomic mass is 35.5. The van der Waals surface area contributed by atoms with Gasteiger partial charge in [0.05, 0.1) is 12.6 Å². The molecule has 0 saturated heterocycles. The lowest BCUT2D eigenvalue weighted by Gasteiger charge is -2.09. The predicted molar refractivity (Wildman–Crippen MR) is 88.3 cm³/mol. The summed E-state index contributed by atoms with van der Waals surface area (Å²) in [5.41, 5.74) is 0.912. The second kappa shape index (κ2) is 4.61. The minimum atomic E-state index is 0.536. The fourth-order valence-electron chi connectivity index (χ4n) is 2.80. The maximum absolute atomic E-state index is 6.37. The molecule has 1 aromatic heterocycles. The molecule has 4 rings (SSSR count). The molecule has 0 amide bonds. The van der Waals surface area contributed by atoms with Gasteiger partial charge in [0.25, 0.3) is 0 Å². The van der Waals surface area contributed by atoms with Gasteiger partial charge in [-0.3, -0.25) is 0 Å². The van der Waals surface area contributed by atoms with Gasteiger partial charge in [0.2, 0.25) is 0 Å². The summed E-state index contributed by atoms with van der Waals surface area (Å²) < 4.78 is 5.33. The molecule has 21 heavy (non-hydrogen) atoms. The van der Waals surface area contributed by atoms with Crippen molar-refractivity contribution in [3.8, 4) is 5.75 Å². The highest BCUT2D eigenvalue weighted by Gasteiger charge is 2.09.